The van der Waals surface area contributed by atoms with E-state index in [0.29, 0.717) is 16.9 Å². The smallest absolute Gasteiger partial charge is 0.345 e. The van der Waals surface area contributed by atoms with E-state index < -0.39 is 16.0 Å². The number of rotatable bonds is 4. The van der Waals surface area contributed by atoms with E-state index in [1.54, 1.807) is 13.8 Å². The first-order valence-corrected chi connectivity index (χ1v) is 7.49. The van der Waals surface area contributed by atoms with Crippen LogP contribution >= 0.6 is 11.3 Å². The fourth-order valence-electron chi connectivity index (χ4n) is 1.34. The Hall–Kier alpha value is -1.87. The molecule has 0 saturated heterocycles. The molecule has 2 rings (SSSR count). The Morgan fingerprint density at radius 1 is 1.42 bits per heavy atom. The average molecular weight is 301 g/mol. The minimum atomic E-state index is -3.81. The monoisotopic (exact) mass is 301 g/mol. The molecule has 9 heteroatoms. The molecule has 2 aromatic rings. The summed E-state index contributed by atoms with van der Waals surface area (Å²) in [5, 5.41) is 15.3. The Kier molecular flexibility index (Phi) is 3.33. The van der Waals surface area contributed by atoms with Crippen molar-refractivity contribution >= 4 is 33.1 Å². The summed E-state index contributed by atoms with van der Waals surface area (Å²) in [5.74, 6) is -0.944. The molecule has 0 aliphatic rings. The molecule has 0 aliphatic carbocycles. The lowest BCUT2D eigenvalue weighted by molar-refractivity contribution is 0.0702. The number of aromatic carboxylic acids is 1. The summed E-state index contributed by atoms with van der Waals surface area (Å²) >= 11 is 0.692. The summed E-state index contributed by atoms with van der Waals surface area (Å²) in [6.45, 7) is 3.50. The zero-order valence-electron chi connectivity index (χ0n) is 10.1. The molecule has 0 bridgehead atoms. The van der Waals surface area contributed by atoms with Crippen LogP contribution in [0.25, 0.3) is 0 Å². The highest BCUT2D eigenvalue weighted by molar-refractivity contribution is 7.94. The first-order chi connectivity index (χ1) is 8.81. The van der Waals surface area contributed by atoms with Crippen LogP contribution in [0.2, 0.25) is 0 Å². The van der Waals surface area contributed by atoms with Gasteiger partial charge in [-0.2, -0.15) is 5.10 Å². The van der Waals surface area contributed by atoms with Gasteiger partial charge in [0.15, 0.2) is 5.82 Å². The molecular formula is C10H11N3O4S2. The van der Waals surface area contributed by atoms with Crippen molar-refractivity contribution in [2.75, 3.05) is 4.72 Å². The zero-order valence-corrected chi connectivity index (χ0v) is 11.7. The Labute approximate surface area is 113 Å². The maximum atomic E-state index is 12.1. The molecular weight excluding hydrogens is 290 g/mol. The van der Waals surface area contributed by atoms with Crippen molar-refractivity contribution in [2.45, 2.75) is 18.1 Å². The Balaban J connectivity index is 2.32. The molecule has 2 aromatic heterocycles. The number of carboxylic acids is 1. The van der Waals surface area contributed by atoms with Gasteiger partial charge in [0.1, 0.15) is 9.09 Å². The molecule has 0 aliphatic heterocycles. The van der Waals surface area contributed by atoms with Gasteiger partial charge in [0.25, 0.3) is 10.0 Å². The van der Waals surface area contributed by atoms with Gasteiger partial charge in [0.2, 0.25) is 0 Å². The number of hydrogen-bond donors (Lipinski definition) is 3. The first kappa shape index (κ1) is 13.6. The van der Waals surface area contributed by atoms with Crippen LogP contribution in [0.5, 0.6) is 0 Å². The molecule has 2 heterocycles. The lowest BCUT2D eigenvalue weighted by Crippen LogP contribution is -2.12. The van der Waals surface area contributed by atoms with E-state index in [0.717, 1.165) is 5.69 Å². The molecule has 7 nitrogen and oxygen atoms in total. The van der Waals surface area contributed by atoms with Gasteiger partial charge in [0, 0.05) is 11.3 Å². The van der Waals surface area contributed by atoms with Gasteiger partial charge in [-0.3, -0.25) is 9.82 Å². The number of sulfonamides is 1. The number of carboxylic acid groups (broad SMARTS) is 1. The quantitative estimate of drug-likeness (QED) is 0.793. The number of aromatic amines is 1. The standard InChI is InChI=1S/C10H11N3O4S2/c1-5-6(2)11-12-9(5)13-19(16,17)8-4-3-7(18-8)10(14)15/h3-4H,1-2H3,(H,14,15)(H2,11,12,13). The topological polar surface area (TPSA) is 112 Å². The summed E-state index contributed by atoms with van der Waals surface area (Å²) in [7, 11) is -3.81. The second-order valence-corrected chi connectivity index (χ2v) is 6.84. The van der Waals surface area contributed by atoms with Gasteiger partial charge in [-0.25, -0.2) is 13.2 Å². The number of carbonyl (C=O) groups is 1. The lowest BCUT2D eigenvalue weighted by atomic mass is 10.3. The van der Waals surface area contributed by atoms with Crippen molar-refractivity contribution in [3.05, 3.63) is 28.3 Å². The van der Waals surface area contributed by atoms with E-state index in [-0.39, 0.29) is 14.9 Å². The van der Waals surface area contributed by atoms with Crippen LogP contribution in [-0.4, -0.2) is 29.7 Å². The highest BCUT2D eigenvalue weighted by atomic mass is 32.2. The van der Waals surface area contributed by atoms with Crippen LogP contribution in [0.1, 0.15) is 20.9 Å². The van der Waals surface area contributed by atoms with Crippen LogP contribution in [-0.2, 0) is 10.0 Å². The van der Waals surface area contributed by atoms with Crippen LogP contribution in [0.15, 0.2) is 16.3 Å². The summed E-state index contributed by atoms with van der Waals surface area (Å²) in [5.41, 5.74) is 1.45. The second-order valence-electron chi connectivity index (χ2n) is 3.85. The maximum absolute atomic E-state index is 12.1. The van der Waals surface area contributed by atoms with Gasteiger partial charge in [-0.05, 0) is 26.0 Å². The third-order valence-corrected chi connectivity index (χ3v) is 5.45. The lowest BCUT2D eigenvalue weighted by Gasteiger charge is -2.03. The predicted octanol–water partition coefficient (Wildman–Crippen LogP) is 1.59. The average Bonchev–Trinajstić information content (AvgIpc) is 2.92. The molecule has 19 heavy (non-hydrogen) atoms. The summed E-state index contributed by atoms with van der Waals surface area (Å²) in [4.78, 5) is 10.7. The normalized spacial score (nSPS) is 11.5. The van der Waals surface area contributed by atoms with E-state index in [4.69, 9.17) is 5.11 Å². The van der Waals surface area contributed by atoms with Crippen LogP contribution in [0.3, 0.4) is 0 Å². The summed E-state index contributed by atoms with van der Waals surface area (Å²) in [6, 6.07) is 2.51. The minimum absolute atomic E-state index is 0.0321. The van der Waals surface area contributed by atoms with E-state index in [1.807, 2.05) is 0 Å². The summed E-state index contributed by atoms with van der Waals surface area (Å²) < 4.78 is 26.4. The Morgan fingerprint density at radius 3 is 2.58 bits per heavy atom. The van der Waals surface area contributed by atoms with Crippen molar-refractivity contribution in [3.8, 4) is 0 Å². The first-order valence-electron chi connectivity index (χ1n) is 5.19. The van der Waals surface area contributed by atoms with E-state index in [2.05, 4.69) is 14.9 Å². The number of anilines is 1. The fraction of sp³-hybridized carbons (Fsp3) is 0.200. The number of nitrogens with zero attached hydrogens (tertiary/aromatic N) is 1. The van der Waals surface area contributed by atoms with Crippen molar-refractivity contribution in [2.24, 2.45) is 0 Å². The molecule has 3 N–H and O–H groups in total. The van der Waals surface area contributed by atoms with Gasteiger partial charge in [-0.15, -0.1) is 11.3 Å². The van der Waals surface area contributed by atoms with E-state index >= 15 is 0 Å². The highest BCUT2D eigenvalue weighted by Gasteiger charge is 2.21. The predicted molar refractivity (Wildman–Crippen MR) is 70.1 cm³/mol. The summed E-state index contributed by atoms with van der Waals surface area (Å²) in [6.07, 6.45) is 0. The number of aromatic nitrogens is 2. The van der Waals surface area contributed by atoms with Gasteiger partial charge in [0.05, 0.1) is 0 Å². The fourth-order valence-corrected chi connectivity index (χ4v) is 3.55. The van der Waals surface area contributed by atoms with Crippen molar-refractivity contribution in [1.82, 2.24) is 10.2 Å². The molecule has 0 aromatic carbocycles. The van der Waals surface area contributed by atoms with Crippen molar-refractivity contribution < 1.29 is 18.3 Å². The molecule has 0 unspecified atom stereocenters. The minimum Gasteiger partial charge on any atom is -0.477 e. The Morgan fingerprint density at radius 2 is 2.11 bits per heavy atom. The highest BCUT2D eigenvalue weighted by Crippen LogP contribution is 2.25. The third kappa shape index (κ3) is 2.61. The van der Waals surface area contributed by atoms with E-state index in [1.165, 1.54) is 12.1 Å². The van der Waals surface area contributed by atoms with Crippen LogP contribution < -0.4 is 4.72 Å². The second kappa shape index (κ2) is 4.67. The third-order valence-electron chi connectivity index (χ3n) is 2.54. The molecule has 102 valence electrons. The molecule has 0 spiro atoms. The number of nitrogens with one attached hydrogen (secondary N) is 2. The zero-order chi connectivity index (χ0) is 14.2. The largest absolute Gasteiger partial charge is 0.477 e. The Bertz CT molecular complexity index is 730. The number of H-pyrrole nitrogens is 1. The SMILES string of the molecule is Cc1[nH]nc(NS(=O)(=O)c2ccc(C(=O)O)s2)c1C. The number of hydrogen-bond acceptors (Lipinski definition) is 5. The molecule has 0 amide bonds. The van der Waals surface area contributed by atoms with E-state index in [9.17, 15) is 13.2 Å². The van der Waals surface area contributed by atoms with Gasteiger partial charge >= 0.3 is 5.97 Å². The van der Waals surface area contributed by atoms with Crippen LogP contribution in [0.4, 0.5) is 5.82 Å². The van der Waals surface area contributed by atoms with Crippen molar-refractivity contribution in [1.29, 1.82) is 0 Å². The van der Waals surface area contributed by atoms with Crippen molar-refractivity contribution in [3.63, 3.8) is 0 Å². The van der Waals surface area contributed by atoms with Gasteiger partial charge in [-0.1, -0.05) is 0 Å². The van der Waals surface area contributed by atoms with Gasteiger partial charge < -0.3 is 5.11 Å². The molecule has 0 atom stereocenters. The molecule has 0 fully saturated rings. The van der Waals surface area contributed by atoms with Crippen LogP contribution in [0, 0.1) is 13.8 Å². The number of aryl methyl sites for hydroxylation is 1. The molecule has 0 radical (unpaired) electrons. The maximum Gasteiger partial charge on any atom is 0.345 e. The molecule has 0 saturated carbocycles. The number of thiophene rings is 1.